The quantitative estimate of drug-likeness (QED) is 0.769. The zero-order chi connectivity index (χ0) is 11.0. The summed E-state index contributed by atoms with van der Waals surface area (Å²) in [5.41, 5.74) is 2.21. The van der Waals surface area contributed by atoms with Gasteiger partial charge in [-0.3, -0.25) is 9.78 Å². The van der Waals surface area contributed by atoms with E-state index in [1.165, 1.54) is 0 Å². The first-order valence-corrected chi connectivity index (χ1v) is 4.79. The minimum Gasteiger partial charge on any atom is -0.392 e. The molecule has 2 aromatic rings. The molecule has 15 heavy (non-hydrogen) atoms. The minimum atomic E-state index is -0.335. The van der Waals surface area contributed by atoms with Crippen molar-refractivity contribution in [2.24, 2.45) is 0 Å². The molecular formula is C10H9ClN2O2. The molecule has 2 rings (SSSR count). The van der Waals surface area contributed by atoms with Crippen molar-refractivity contribution in [3.63, 3.8) is 0 Å². The van der Waals surface area contributed by atoms with Gasteiger partial charge in [-0.2, -0.15) is 0 Å². The number of nitrogens with one attached hydrogen (secondary N) is 1. The van der Waals surface area contributed by atoms with Gasteiger partial charge < -0.3 is 10.1 Å². The number of hydrogen-bond donors (Lipinski definition) is 2. The molecular weight excluding hydrogens is 216 g/mol. The molecule has 0 fully saturated rings. The van der Waals surface area contributed by atoms with Crippen LogP contribution in [0.15, 0.2) is 17.1 Å². The van der Waals surface area contributed by atoms with Gasteiger partial charge in [0.05, 0.1) is 17.6 Å². The summed E-state index contributed by atoms with van der Waals surface area (Å²) in [7, 11) is 0. The maximum absolute atomic E-state index is 11.4. The molecule has 0 saturated heterocycles. The Kier molecular flexibility index (Phi) is 2.46. The molecule has 2 heterocycles. The largest absolute Gasteiger partial charge is 0.392 e. The molecule has 0 aromatic carbocycles. The summed E-state index contributed by atoms with van der Waals surface area (Å²) in [4.78, 5) is 18.1. The van der Waals surface area contributed by atoms with E-state index in [1.54, 1.807) is 19.2 Å². The fourth-order valence-electron chi connectivity index (χ4n) is 1.44. The fourth-order valence-corrected chi connectivity index (χ4v) is 1.58. The topological polar surface area (TPSA) is 66.0 Å². The number of aliphatic hydroxyl groups excluding tert-OH is 1. The van der Waals surface area contributed by atoms with Gasteiger partial charge in [0.25, 0.3) is 5.56 Å². The summed E-state index contributed by atoms with van der Waals surface area (Å²) >= 11 is 5.80. The molecule has 0 radical (unpaired) electrons. The molecule has 2 N–H and O–H groups in total. The first kappa shape index (κ1) is 10.1. The standard InChI is InChI=1S/C10H9ClN2O2/c1-5-8(11)10(15)13-7-2-6(4-14)3-12-9(5)7/h2-3,14H,4H2,1H3,(H,13,15). The molecule has 0 bridgehead atoms. The molecule has 5 heteroatoms. The van der Waals surface area contributed by atoms with Crippen molar-refractivity contribution in [3.05, 3.63) is 38.8 Å². The van der Waals surface area contributed by atoms with E-state index >= 15 is 0 Å². The summed E-state index contributed by atoms with van der Waals surface area (Å²) in [5, 5.41) is 9.09. The van der Waals surface area contributed by atoms with Crippen LogP contribution in [0.3, 0.4) is 0 Å². The molecule has 0 spiro atoms. The number of hydrogen-bond acceptors (Lipinski definition) is 3. The van der Waals surface area contributed by atoms with Gasteiger partial charge in [-0.15, -0.1) is 0 Å². The lowest BCUT2D eigenvalue weighted by Gasteiger charge is -2.04. The number of fused-ring (bicyclic) bond motifs is 1. The molecule has 0 aliphatic carbocycles. The first-order chi connectivity index (χ1) is 7.13. The number of aromatic nitrogens is 2. The highest BCUT2D eigenvalue weighted by molar-refractivity contribution is 6.31. The zero-order valence-electron chi connectivity index (χ0n) is 8.04. The van der Waals surface area contributed by atoms with Crippen LogP contribution in [0.2, 0.25) is 5.02 Å². The third-order valence-electron chi connectivity index (χ3n) is 2.26. The maximum atomic E-state index is 11.4. The maximum Gasteiger partial charge on any atom is 0.267 e. The van der Waals surface area contributed by atoms with Crippen molar-refractivity contribution in [3.8, 4) is 0 Å². The Morgan fingerprint density at radius 2 is 2.33 bits per heavy atom. The predicted octanol–water partition coefficient (Wildman–Crippen LogP) is 1.38. The van der Waals surface area contributed by atoms with Gasteiger partial charge in [0.15, 0.2) is 0 Å². The van der Waals surface area contributed by atoms with Crippen LogP contribution >= 0.6 is 11.6 Å². The number of halogens is 1. The zero-order valence-corrected chi connectivity index (χ0v) is 8.80. The van der Waals surface area contributed by atoms with Gasteiger partial charge in [0.2, 0.25) is 0 Å². The van der Waals surface area contributed by atoms with Crippen molar-refractivity contribution in [2.75, 3.05) is 0 Å². The number of aromatic amines is 1. The molecule has 0 amide bonds. The van der Waals surface area contributed by atoms with Crippen molar-refractivity contribution < 1.29 is 5.11 Å². The number of aliphatic hydroxyl groups is 1. The van der Waals surface area contributed by atoms with E-state index < -0.39 is 0 Å². The monoisotopic (exact) mass is 224 g/mol. The second-order valence-corrected chi connectivity index (χ2v) is 3.67. The van der Waals surface area contributed by atoms with Crippen LogP contribution in [0, 0.1) is 6.92 Å². The normalized spacial score (nSPS) is 10.9. The van der Waals surface area contributed by atoms with Crippen LogP contribution in [0.1, 0.15) is 11.1 Å². The Labute approximate surface area is 90.5 Å². The van der Waals surface area contributed by atoms with Crippen molar-refractivity contribution in [2.45, 2.75) is 13.5 Å². The van der Waals surface area contributed by atoms with E-state index in [0.717, 1.165) is 0 Å². The van der Waals surface area contributed by atoms with Crippen molar-refractivity contribution in [1.29, 1.82) is 0 Å². The van der Waals surface area contributed by atoms with E-state index in [0.29, 0.717) is 22.2 Å². The molecule has 78 valence electrons. The lowest BCUT2D eigenvalue weighted by molar-refractivity contribution is 0.281. The van der Waals surface area contributed by atoms with Gasteiger partial charge in [0.1, 0.15) is 5.02 Å². The number of pyridine rings is 2. The van der Waals surface area contributed by atoms with Crippen LogP contribution in [0.4, 0.5) is 0 Å². The van der Waals surface area contributed by atoms with Gasteiger partial charge in [-0.05, 0) is 18.6 Å². The second-order valence-electron chi connectivity index (χ2n) is 3.29. The van der Waals surface area contributed by atoms with Crippen LogP contribution in [0.5, 0.6) is 0 Å². The molecule has 0 aliphatic heterocycles. The van der Waals surface area contributed by atoms with Gasteiger partial charge in [0, 0.05) is 11.8 Å². The van der Waals surface area contributed by atoms with E-state index in [-0.39, 0.29) is 17.2 Å². The van der Waals surface area contributed by atoms with E-state index in [2.05, 4.69) is 9.97 Å². The lowest BCUT2D eigenvalue weighted by atomic mass is 10.2. The molecule has 0 saturated carbocycles. The van der Waals surface area contributed by atoms with E-state index in [1.807, 2.05) is 0 Å². The molecule has 0 atom stereocenters. The Hall–Kier alpha value is -1.39. The van der Waals surface area contributed by atoms with Gasteiger partial charge in [-0.25, -0.2) is 0 Å². The summed E-state index contributed by atoms with van der Waals surface area (Å²) < 4.78 is 0. The SMILES string of the molecule is Cc1c(Cl)c(=O)[nH]c2cc(CO)cnc12. The van der Waals surface area contributed by atoms with E-state index in [4.69, 9.17) is 16.7 Å². The molecule has 0 aliphatic rings. The van der Waals surface area contributed by atoms with E-state index in [9.17, 15) is 4.79 Å². The average molecular weight is 225 g/mol. The van der Waals surface area contributed by atoms with Crippen LogP contribution in [0.25, 0.3) is 11.0 Å². The highest BCUT2D eigenvalue weighted by Gasteiger charge is 2.07. The average Bonchev–Trinajstić information content (AvgIpc) is 2.25. The van der Waals surface area contributed by atoms with Crippen LogP contribution in [-0.4, -0.2) is 15.1 Å². The Morgan fingerprint density at radius 3 is 3.00 bits per heavy atom. The minimum absolute atomic E-state index is 0.105. The molecule has 4 nitrogen and oxygen atoms in total. The third-order valence-corrected chi connectivity index (χ3v) is 2.71. The number of nitrogens with zero attached hydrogens (tertiary/aromatic N) is 1. The second kappa shape index (κ2) is 3.64. The number of H-pyrrole nitrogens is 1. The summed E-state index contributed by atoms with van der Waals surface area (Å²) in [6.07, 6.45) is 1.56. The Morgan fingerprint density at radius 1 is 1.60 bits per heavy atom. The van der Waals surface area contributed by atoms with Crippen LogP contribution in [-0.2, 0) is 6.61 Å². The summed E-state index contributed by atoms with van der Waals surface area (Å²) in [5.74, 6) is 0. The third kappa shape index (κ3) is 1.62. The Balaban J connectivity index is 2.86. The molecule has 2 aromatic heterocycles. The lowest BCUT2D eigenvalue weighted by Crippen LogP contribution is -2.09. The smallest absolute Gasteiger partial charge is 0.267 e. The number of aryl methyl sites for hydroxylation is 1. The van der Waals surface area contributed by atoms with Crippen LogP contribution < -0.4 is 5.56 Å². The Bertz CT molecular complexity index is 577. The van der Waals surface area contributed by atoms with Crippen molar-refractivity contribution >= 4 is 22.6 Å². The van der Waals surface area contributed by atoms with Gasteiger partial charge >= 0.3 is 0 Å². The van der Waals surface area contributed by atoms with Crippen molar-refractivity contribution in [1.82, 2.24) is 9.97 Å². The highest BCUT2D eigenvalue weighted by Crippen LogP contribution is 2.18. The first-order valence-electron chi connectivity index (χ1n) is 4.41. The predicted molar refractivity (Wildman–Crippen MR) is 58.0 cm³/mol. The summed E-state index contributed by atoms with van der Waals surface area (Å²) in [6.45, 7) is 1.64. The molecule has 0 unspecified atom stereocenters. The fraction of sp³-hybridized carbons (Fsp3) is 0.200. The number of rotatable bonds is 1. The highest BCUT2D eigenvalue weighted by atomic mass is 35.5. The van der Waals surface area contributed by atoms with Gasteiger partial charge in [-0.1, -0.05) is 11.6 Å². The summed E-state index contributed by atoms with van der Waals surface area (Å²) in [6, 6.07) is 1.69.